The summed E-state index contributed by atoms with van der Waals surface area (Å²) in [5, 5.41) is 0. The van der Waals surface area contributed by atoms with E-state index in [2.05, 4.69) is 45.1 Å². The second-order valence-corrected chi connectivity index (χ2v) is 12.1. The second-order valence-electron chi connectivity index (χ2n) is 12.1. The Balaban J connectivity index is 1.50. The molecule has 0 saturated heterocycles. The minimum absolute atomic E-state index is 0.0310. The number of hydrogen-bond acceptors (Lipinski definition) is 4. The van der Waals surface area contributed by atoms with Crippen molar-refractivity contribution in [2.24, 2.45) is 28.6 Å². The fourth-order valence-electron chi connectivity index (χ4n) is 7.66. The van der Waals surface area contributed by atoms with Crippen molar-refractivity contribution < 1.29 is 19.1 Å². The normalized spacial score (nSPS) is 39.5. The van der Waals surface area contributed by atoms with Gasteiger partial charge in [-0.3, -0.25) is 0 Å². The Morgan fingerprint density at radius 2 is 1.82 bits per heavy atom. The first kappa shape index (κ1) is 23.4. The largest absolute Gasteiger partial charge is 0.458 e. The van der Waals surface area contributed by atoms with Gasteiger partial charge in [-0.15, -0.1) is 0 Å². The van der Waals surface area contributed by atoms with Crippen LogP contribution in [0.2, 0.25) is 0 Å². The zero-order valence-corrected chi connectivity index (χ0v) is 21.4. The molecule has 34 heavy (non-hydrogen) atoms. The Morgan fingerprint density at radius 1 is 1.06 bits per heavy atom. The van der Waals surface area contributed by atoms with Gasteiger partial charge in [0.2, 0.25) is 0 Å². The molecule has 182 valence electrons. The summed E-state index contributed by atoms with van der Waals surface area (Å²) in [6, 6.07) is 0. The molecule has 0 aromatic rings. The van der Waals surface area contributed by atoms with E-state index in [9.17, 15) is 9.59 Å². The van der Waals surface area contributed by atoms with E-state index in [-0.39, 0.29) is 34.8 Å². The highest BCUT2D eigenvalue weighted by Gasteiger charge is 2.59. The summed E-state index contributed by atoms with van der Waals surface area (Å²) in [4.78, 5) is 24.4. The monoisotopic (exact) mass is 462 g/mol. The van der Waals surface area contributed by atoms with Crippen LogP contribution in [0.25, 0.3) is 0 Å². The number of allylic oxidation sites excluding steroid dienone is 5. The van der Waals surface area contributed by atoms with Crippen LogP contribution in [-0.2, 0) is 19.1 Å². The van der Waals surface area contributed by atoms with Crippen molar-refractivity contribution in [2.75, 3.05) is 0 Å². The lowest BCUT2D eigenvalue weighted by molar-refractivity contribution is -0.152. The molecule has 0 unspecified atom stereocenters. The van der Waals surface area contributed by atoms with Crippen molar-refractivity contribution in [1.82, 2.24) is 0 Å². The van der Waals surface area contributed by atoms with Gasteiger partial charge in [-0.05, 0) is 85.8 Å². The molecule has 4 heteroatoms. The Morgan fingerprint density at radius 3 is 2.56 bits per heavy atom. The van der Waals surface area contributed by atoms with Crippen molar-refractivity contribution in [3.8, 4) is 0 Å². The summed E-state index contributed by atoms with van der Waals surface area (Å²) >= 11 is 0. The van der Waals surface area contributed by atoms with Gasteiger partial charge in [0.15, 0.2) is 0 Å². The number of rotatable bonds is 2. The molecular formula is C30H38O4. The molecule has 1 fully saturated rings. The smallest absolute Gasteiger partial charge is 0.333 e. The van der Waals surface area contributed by atoms with Crippen LogP contribution in [0, 0.1) is 28.6 Å². The Hall–Kier alpha value is -2.36. The fourth-order valence-corrected chi connectivity index (χ4v) is 7.66. The first-order valence-electron chi connectivity index (χ1n) is 12.9. The maximum Gasteiger partial charge on any atom is 0.333 e. The number of carbonyl (C=O) groups excluding carboxylic acids is 2. The van der Waals surface area contributed by atoms with E-state index in [1.54, 1.807) is 6.08 Å². The van der Waals surface area contributed by atoms with E-state index >= 15 is 0 Å². The zero-order valence-electron chi connectivity index (χ0n) is 21.4. The molecule has 1 saturated carbocycles. The molecule has 5 rings (SSSR count). The van der Waals surface area contributed by atoms with Crippen molar-refractivity contribution in [3.05, 3.63) is 58.7 Å². The maximum absolute atomic E-state index is 12.2. The van der Waals surface area contributed by atoms with Crippen LogP contribution in [0.1, 0.15) is 73.6 Å². The van der Waals surface area contributed by atoms with Crippen LogP contribution in [0.15, 0.2) is 58.7 Å². The quantitative estimate of drug-likeness (QED) is 0.446. The summed E-state index contributed by atoms with van der Waals surface area (Å²) in [5.41, 5.74) is 4.35. The number of ether oxygens (including phenoxy) is 2. The lowest BCUT2D eigenvalue weighted by atomic mass is 9.53. The van der Waals surface area contributed by atoms with Crippen LogP contribution in [-0.4, -0.2) is 23.6 Å². The molecule has 2 heterocycles. The Kier molecular flexibility index (Phi) is 5.38. The molecule has 0 N–H and O–H groups in total. The highest BCUT2D eigenvalue weighted by Crippen LogP contribution is 2.67. The molecule has 2 aliphatic heterocycles. The topological polar surface area (TPSA) is 52.6 Å². The highest BCUT2D eigenvalue weighted by molar-refractivity contribution is 5.88. The SMILES string of the molecule is CC1=CC[C@@H]([C@@H](C)[C@H]2CC[C@@]3(C)C4=C(C=C5C=CC(=O)OC(C)(C)[C@@H]5C=C4)CC[C@]23C)OC1=O. The molecule has 0 radical (unpaired) electrons. The van der Waals surface area contributed by atoms with Crippen LogP contribution in [0.4, 0.5) is 0 Å². The van der Waals surface area contributed by atoms with Gasteiger partial charge in [-0.25, -0.2) is 9.59 Å². The molecule has 3 aliphatic carbocycles. The van der Waals surface area contributed by atoms with Gasteiger partial charge in [0.25, 0.3) is 0 Å². The lowest BCUT2D eigenvalue weighted by Gasteiger charge is -2.51. The average Bonchev–Trinajstić information content (AvgIpc) is 2.88. The minimum atomic E-state index is -0.592. The first-order chi connectivity index (χ1) is 16.0. The van der Waals surface area contributed by atoms with E-state index in [4.69, 9.17) is 9.47 Å². The summed E-state index contributed by atoms with van der Waals surface area (Å²) in [5.74, 6) is 0.427. The average molecular weight is 463 g/mol. The van der Waals surface area contributed by atoms with Crippen LogP contribution in [0.3, 0.4) is 0 Å². The van der Waals surface area contributed by atoms with E-state index in [1.807, 2.05) is 26.8 Å². The van der Waals surface area contributed by atoms with E-state index in [0.29, 0.717) is 11.8 Å². The highest BCUT2D eigenvalue weighted by atomic mass is 16.6. The van der Waals surface area contributed by atoms with Gasteiger partial charge in [-0.2, -0.15) is 0 Å². The van der Waals surface area contributed by atoms with E-state index in [0.717, 1.165) is 43.3 Å². The number of hydrogen-bond donors (Lipinski definition) is 0. The van der Waals surface area contributed by atoms with E-state index < -0.39 is 5.60 Å². The van der Waals surface area contributed by atoms with Gasteiger partial charge in [0.1, 0.15) is 11.7 Å². The predicted octanol–water partition coefficient (Wildman–Crippen LogP) is 6.40. The second kappa shape index (κ2) is 7.83. The van der Waals surface area contributed by atoms with Gasteiger partial charge < -0.3 is 9.47 Å². The van der Waals surface area contributed by atoms with Crippen molar-refractivity contribution in [1.29, 1.82) is 0 Å². The zero-order chi connectivity index (χ0) is 24.5. The third kappa shape index (κ3) is 3.39. The third-order valence-electron chi connectivity index (χ3n) is 10.0. The summed E-state index contributed by atoms with van der Waals surface area (Å²) in [7, 11) is 0. The predicted molar refractivity (Wildman–Crippen MR) is 133 cm³/mol. The number of esters is 2. The summed E-state index contributed by atoms with van der Waals surface area (Å²) < 4.78 is 11.6. The summed E-state index contributed by atoms with van der Waals surface area (Å²) in [6.07, 6.45) is 17.7. The number of carbonyl (C=O) groups is 2. The Bertz CT molecular complexity index is 1080. The molecule has 5 aliphatic rings. The molecular weight excluding hydrogens is 424 g/mol. The molecule has 0 aromatic heterocycles. The standard InChI is InChI=1S/C30H38O4/c1-18-7-11-25(33-27(18)32)19(2)22-14-16-30(6)24-10-9-23-20(8-12-26(31)34-28(23,3)4)17-21(24)13-15-29(22,30)5/h7-10,12,17,19,22-23,25H,11,13-16H2,1-6H3/t19-,22+,23+,25-,29+,30-/m0/s1. The van der Waals surface area contributed by atoms with Crippen molar-refractivity contribution >= 4 is 11.9 Å². The van der Waals surface area contributed by atoms with Crippen molar-refractivity contribution in [2.45, 2.75) is 85.4 Å². The Labute approximate surface area is 203 Å². The molecule has 6 atom stereocenters. The van der Waals surface area contributed by atoms with Crippen molar-refractivity contribution in [3.63, 3.8) is 0 Å². The third-order valence-corrected chi connectivity index (χ3v) is 10.0. The van der Waals surface area contributed by atoms with Crippen LogP contribution >= 0.6 is 0 Å². The molecule has 0 aromatic carbocycles. The fraction of sp³-hybridized carbons (Fsp3) is 0.600. The number of fused-ring (bicyclic) bond motifs is 3. The van der Waals surface area contributed by atoms with Gasteiger partial charge in [0.05, 0.1) is 0 Å². The van der Waals surface area contributed by atoms with Gasteiger partial charge in [-0.1, -0.05) is 51.2 Å². The molecule has 4 nitrogen and oxygen atoms in total. The van der Waals surface area contributed by atoms with Crippen LogP contribution < -0.4 is 0 Å². The van der Waals surface area contributed by atoms with Gasteiger partial charge in [0, 0.05) is 24.0 Å². The summed E-state index contributed by atoms with van der Waals surface area (Å²) in [6.45, 7) is 13.1. The lowest BCUT2D eigenvalue weighted by Crippen LogP contribution is -2.45. The number of cyclic esters (lactones) is 2. The van der Waals surface area contributed by atoms with Crippen LogP contribution in [0.5, 0.6) is 0 Å². The van der Waals surface area contributed by atoms with E-state index in [1.165, 1.54) is 11.1 Å². The molecule has 0 spiro atoms. The first-order valence-corrected chi connectivity index (χ1v) is 12.9. The minimum Gasteiger partial charge on any atom is -0.458 e. The maximum atomic E-state index is 12.2. The van der Waals surface area contributed by atoms with Gasteiger partial charge >= 0.3 is 11.9 Å². The molecule has 0 bridgehead atoms. The molecule has 0 amide bonds.